The van der Waals surface area contributed by atoms with Crippen molar-refractivity contribution in [2.24, 2.45) is 0 Å². The van der Waals surface area contributed by atoms with Gasteiger partial charge >= 0.3 is 0 Å². The van der Waals surface area contributed by atoms with Gasteiger partial charge < -0.3 is 9.64 Å². The molecule has 0 aliphatic rings. The molecule has 0 heterocycles. The predicted molar refractivity (Wildman–Crippen MR) is 113 cm³/mol. The first kappa shape index (κ1) is 23.7. The highest BCUT2D eigenvalue weighted by Crippen LogP contribution is 2.41. The highest BCUT2D eigenvalue weighted by Gasteiger charge is 2.20. The van der Waals surface area contributed by atoms with E-state index in [0.29, 0.717) is 6.42 Å². The third kappa shape index (κ3) is 6.43. The molecule has 0 radical (unpaired) electrons. The van der Waals surface area contributed by atoms with Crippen LogP contribution in [-0.2, 0) is 10.0 Å². The molecule has 2 aromatic carbocycles. The van der Waals surface area contributed by atoms with E-state index < -0.39 is 14.9 Å². The van der Waals surface area contributed by atoms with Crippen LogP contribution in [0.25, 0.3) is 0 Å². The molecule has 0 aromatic heterocycles. The molecule has 0 spiro atoms. The van der Waals surface area contributed by atoms with Crippen LogP contribution < -0.4 is 9.46 Å². The van der Waals surface area contributed by atoms with Gasteiger partial charge in [-0.3, -0.25) is 10.1 Å². The van der Waals surface area contributed by atoms with Gasteiger partial charge in [0.1, 0.15) is 5.75 Å². The molecular weight excluding hydrogens is 465 g/mol. The Bertz CT molecular complexity index is 992. The Balaban J connectivity index is 2.22. The first-order valence-electron chi connectivity index (χ1n) is 8.26. The van der Waals surface area contributed by atoms with E-state index in [1.54, 1.807) is 0 Å². The summed E-state index contributed by atoms with van der Waals surface area (Å²) in [6, 6.07) is 6.03. The van der Waals surface area contributed by atoms with E-state index in [1.807, 2.05) is 19.0 Å². The molecule has 0 amide bonds. The molecule has 2 aromatic rings. The fraction of sp³-hybridized carbons (Fsp3) is 0.294. The zero-order valence-electron chi connectivity index (χ0n) is 15.5. The van der Waals surface area contributed by atoms with Crippen LogP contribution in [0.2, 0.25) is 15.1 Å². The average molecular weight is 483 g/mol. The van der Waals surface area contributed by atoms with Crippen LogP contribution in [0.4, 0.5) is 5.69 Å². The van der Waals surface area contributed by atoms with Crippen molar-refractivity contribution < 1.29 is 18.1 Å². The number of nitro groups is 1. The second kappa shape index (κ2) is 9.92. The number of hydrogen-bond acceptors (Lipinski definition) is 6. The van der Waals surface area contributed by atoms with E-state index >= 15 is 0 Å². The molecule has 0 atom stereocenters. The molecule has 2 rings (SSSR count). The standard InChI is InChI=1S/C17H18Cl3N3O5S/c1-22(2)7-3-6-21-29(26,27)12-9-14(19)17(15(20)10-12)28-16-5-4-11(23(24)25)8-13(16)18/h4-5,8-10,21H,3,6-7H2,1-2H3. The lowest BCUT2D eigenvalue weighted by Gasteiger charge is -2.14. The number of sulfonamides is 1. The van der Waals surface area contributed by atoms with Crippen LogP contribution in [0.3, 0.4) is 0 Å². The quantitative estimate of drug-likeness (QED) is 0.319. The van der Waals surface area contributed by atoms with Crippen molar-refractivity contribution in [3.63, 3.8) is 0 Å². The van der Waals surface area contributed by atoms with Crippen molar-refractivity contribution in [1.29, 1.82) is 0 Å². The first-order chi connectivity index (χ1) is 13.5. The highest BCUT2D eigenvalue weighted by molar-refractivity contribution is 7.89. The minimum atomic E-state index is -3.81. The molecule has 12 heteroatoms. The minimum absolute atomic E-state index is 0.0179. The summed E-state index contributed by atoms with van der Waals surface area (Å²) in [6.07, 6.45) is 0.632. The Morgan fingerprint density at radius 2 is 1.72 bits per heavy atom. The molecule has 29 heavy (non-hydrogen) atoms. The number of benzene rings is 2. The van der Waals surface area contributed by atoms with Gasteiger partial charge in [-0.05, 0) is 45.3 Å². The third-order valence-corrected chi connectivity index (χ3v) is 5.99. The van der Waals surface area contributed by atoms with Gasteiger partial charge in [-0.1, -0.05) is 34.8 Å². The molecule has 158 valence electrons. The van der Waals surface area contributed by atoms with Crippen LogP contribution in [0, 0.1) is 10.1 Å². The Morgan fingerprint density at radius 3 is 2.24 bits per heavy atom. The number of nitrogens with zero attached hydrogens (tertiary/aromatic N) is 2. The molecule has 0 saturated carbocycles. The number of nitrogens with one attached hydrogen (secondary N) is 1. The molecule has 0 aliphatic carbocycles. The van der Waals surface area contributed by atoms with E-state index in [0.717, 1.165) is 12.6 Å². The summed E-state index contributed by atoms with van der Waals surface area (Å²) in [6.45, 7) is 0.985. The van der Waals surface area contributed by atoms with Crippen molar-refractivity contribution in [2.45, 2.75) is 11.3 Å². The monoisotopic (exact) mass is 481 g/mol. The number of non-ortho nitro benzene ring substituents is 1. The van der Waals surface area contributed by atoms with Gasteiger partial charge in [0.05, 0.1) is 24.9 Å². The van der Waals surface area contributed by atoms with Gasteiger partial charge in [-0.2, -0.15) is 0 Å². The summed E-state index contributed by atoms with van der Waals surface area (Å²) >= 11 is 18.3. The maximum Gasteiger partial charge on any atom is 0.271 e. The minimum Gasteiger partial charge on any atom is -0.453 e. The number of rotatable bonds is 9. The maximum absolute atomic E-state index is 12.4. The zero-order chi connectivity index (χ0) is 21.8. The van der Waals surface area contributed by atoms with Gasteiger partial charge in [-0.25, -0.2) is 13.1 Å². The van der Waals surface area contributed by atoms with Crippen molar-refractivity contribution in [3.05, 3.63) is 55.5 Å². The van der Waals surface area contributed by atoms with Gasteiger partial charge in [0.2, 0.25) is 10.0 Å². The first-order valence-corrected chi connectivity index (χ1v) is 10.9. The Labute approximate surface area is 183 Å². The fourth-order valence-electron chi connectivity index (χ4n) is 2.27. The summed E-state index contributed by atoms with van der Waals surface area (Å²) in [5, 5.41) is 10.7. The smallest absolute Gasteiger partial charge is 0.271 e. The third-order valence-electron chi connectivity index (χ3n) is 3.69. The topological polar surface area (TPSA) is 102 Å². The predicted octanol–water partition coefficient (Wildman–Crippen LogP) is 4.58. The average Bonchev–Trinajstić information content (AvgIpc) is 2.62. The van der Waals surface area contributed by atoms with E-state index in [9.17, 15) is 18.5 Å². The lowest BCUT2D eigenvalue weighted by Crippen LogP contribution is -2.27. The van der Waals surface area contributed by atoms with Crippen molar-refractivity contribution >= 4 is 50.5 Å². The molecule has 0 fully saturated rings. The molecule has 0 unspecified atom stereocenters. The summed E-state index contributed by atoms with van der Waals surface area (Å²) in [5.74, 6) is 0.0640. The molecular formula is C17H18Cl3N3O5S. The molecule has 0 aliphatic heterocycles. The van der Waals surface area contributed by atoms with Crippen LogP contribution in [0.1, 0.15) is 6.42 Å². The van der Waals surface area contributed by atoms with Crippen LogP contribution >= 0.6 is 34.8 Å². The van der Waals surface area contributed by atoms with Crippen molar-refractivity contribution in [2.75, 3.05) is 27.2 Å². The van der Waals surface area contributed by atoms with Crippen molar-refractivity contribution in [3.8, 4) is 11.5 Å². The summed E-state index contributed by atoms with van der Waals surface area (Å²) in [5.41, 5.74) is -0.207. The Hall–Kier alpha value is -1.62. The second-order valence-electron chi connectivity index (χ2n) is 6.24. The second-order valence-corrected chi connectivity index (χ2v) is 9.23. The number of nitro benzene ring substituents is 1. The van der Waals surface area contributed by atoms with E-state index in [2.05, 4.69) is 4.72 Å². The largest absolute Gasteiger partial charge is 0.453 e. The highest BCUT2D eigenvalue weighted by atomic mass is 35.5. The lowest BCUT2D eigenvalue weighted by atomic mass is 10.3. The molecule has 0 saturated heterocycles. The normalized spacial score (nSPS) is 11.7. The SMILES string of the molecule is CN(C)CCCNS(=O)(=O)c1cc(Cl)c(Oc2ccc([N+](=O)[O-])cc2Cl)c(Cl)c1. The van der Waals surface area contributed by atoms with Gasteiger partial charge in [0.15, 0.2) is 5.75 Å². The van der Waals surface area contributed by atoms with E-state index in [4.69, 9.17) is 39.5 Å². The van der Waals surface area contributed by atoms with Crippen LogP contribution in [0.15, 0.2) is 35.2 Å². The Morgan fingerprint density at radius 1 is 1.10 bits per heavy atom. The van der Waals surface area contributed by atoms with Gasteiger partial charge in [0, 0.05) is 18.7 Å². The maximum atomic E-state index is 12.4. The zero-order valence-corrected chi connectivity index (χ0v) is 18.6. The van der Waals surface area contributed by atoms with E-state index in [-0.39, 0.29) is 43.7 Å². The van der Waals surface area contributed by atoms with Crippen LogP contribution in [0.5, 0.6) is 11.5 Å². The summed E-state index contributed by atoms with van der Waals surface area (Å²) < 4.78 is 32.9. The molecule has 8 nitrogen and oxygen atoms in total. The summed E-state index contributed by atoms with van der Waals surface area (Å²) in [4.78, 5) is 12.0. The summed E-state index contributed by atoms with van der Waals surface area (Å²) in [7, 11) is -0.0245. The number of hydrogen-bond donors (Lipinski definition) is 1. The molecule has 1 N–H and O–H groups in total. The Kier molecular flexibility index (Phi) is 8.10. The van der Waals surface area contributed by atoms with Gasteiger partial charge in [-0.15, -0.1) is 0 Å². The van der Waals surface area contributed by atoms with E-state index in [1.165, 1.54) is 24.3 Å². The lowest BCUT2D eigenvalue weighted by molar-refractivity contribution is -0.384. The number of halogens is 3. The van der Waals surface area contributed by atoms with Crippen LogP contribution in [-0.4, -0.2) is 45.4 Å². The van der Waals surface area contributed by atoms with Gasteiger partial charge in [0.25, 0.3) is 5.69 Å². The molecule has 0 bridgehead atoms. The number of ether oxygens (including phenoxy) is 1. The van der Waals surface area contributed by atoms with Crippen molar-refractivity contribution in [1.82, 2.24) is 9.62 Å². The fourth-order valence-corrected chi connectivity index (χ4v) is 4.30.